The molecule has 3 aromatic rings. The topological polar surface area (TPSA) is 84.9 Å². The Morgan fingerprint density at radius 2 is 1.55 bits per heavy atom. The highest BCUT2D eigenvalue weighted by Gasteiger charge is 2.21. The number of amides is 1. The first-order valence-corrected chi connectivity index (χ1v) is 13.1. The quantitative estimate of drug-likeness (QED) is 0.278. The molecule has 1 amide bonds. The molecule has 3 rings (SSSR count). The summed E-state index contributed by atoms with van der Waals surface area (Å²) >= 11 is 0. The van der Waals surface area contributed by atoms with E-state index in [4.69, 9.17) is 9.47 Å². The zero-order valence-electron chi connectivity index (χ0n) is 23.3. The fourth-order valence-corrected chi connectivity index (χ4v) is 4.63. The zero-order chi connectivity index (χ0) is 27.8. The van der Waals surface area contributed by atoms with Gasteiger partial charge in [0.1, 0.15) is 18.1 Å². The normalized spacial score (nSPS) is 11.8. The number of methoxy groups -OCH3 is 1. The van der Waals surface area contributed by atoms with Crippen LogP contribution in [0.25, 0.3) is 0 Å². The number of benzene rings is 3. The van der Waals surface area contributed by atoms with Gasteiger partial charge in [0, 0.05) is 12.0 Å². The molecule has 0 heterocycles. The molecule has 0 aliphatic rings. The summed E-state index contributed by atoms with van der Waals surface area (Å²) in [7, 11) is 1.63. The zero-order valence-corrected chi connectivity index (χ0v) is 23.3. The Labute approximate surface area is 226 Å². The molecule has 0 aromatic heterocycles. The van der Waals surface area contributed by atoms with Crippen LogP contribution in [0.1, 0.15) is 76.5 Å². The second-order valence-electron chi connectivity index (χ2n) is 10.4. The molecule has 0 fully saturated rings. The van der Waals surface area contributed by atoms with Crippen molar-refractivity contribution in [2.45, 2.75) is 66.5 Å². The Hall–Kier alpha value is -3.80. The lowest BCUT2D eigenvalue weighted by Crippen LogP contribution is -2.30. The molecule has 38 heavy (non-hydrogen) atoms. The molecule has 1 atom stereocenters. The third-order valence-electron chi connectivity index (χ3n) is 6.54. The van der Waals surface area contributed by atoms with Crippen LogP contribution in [-0.4, -0.2) is 24.1 Å². The molecule has 6 heteroatoms. The van der Waals surface area contributed by atoms with Gasteiger partial charge in [-0.1, -0.05) is 55.3 Å². The van der Waals surface area contributed by atoms with Crippen molar-refractivity contribution in [1.82, 2.24) is 5.32 Å². The van der Waals surface area contributed by atoms with E-state index < -0.39 is 5.97 Å². The number of carbonyl (C=O) groups is 2. The number of aryl methyl sites for hydroxylation is 4. The van der Waals surface area contributed by atoms with Crippen LogP contribution in [-0.2, 0) is 17.8 Å². The van der Waals surface area contributed by atoms with Crippen LogP contribution < -0.4 is 14.8 Å². The number of aliphatic carboxylic acids is 1. The number of hydrogen-bond donors (Lipinski definition) is 2. The molecule has 0 aliphatic heterocycles. The molecule has 0 bridgehead atoms. The monoisotopic (exact) mass is 517 g/mol. The average molecular weight is 518 g/mol. The lowest BCUT2D eigenvalue weighted by atomic mass is 9.93. The van der Waals surface area contributed by atoms with Crippen LogP contribution in [0.5, 0.6) is 11.5 Å². The van der Waals surface area contributed by atoms with Crippen molar-refractivity contribution >= 4 is 11.9 Å². The Morgan fingerprint density at radius 3 is 2.16 bits per heavy atom. The summed E-state index contributed by atoms with van der Waals surface area (Å²) in [6.45, 7) is 10.7. The van der Waals surface area contributed by atoms with Crippen LogP contribution in [0.15, 0.2) is 54.6 Å². The van der Waals surface area contributed by atoms with E-state index in [1.54, 1.807) is 25.3 Å². The first kappa shape index (κ1) is 28.8. The number of nitrogens with one attached hydrogen (secondary N) is 1. The number of carboxylic acid groups (broad SMARTS) is 1. The minimum absolute atomic E-state index is 0.0575. The van der Waals surface area contributed by atoms with Gasteiger partial charge in [-0.25, -0.2) is 0 Å². The lowest BCUT2D eigenvalue weighted by Gasteiger charge is -2.23. The second-order valence-corrected chi connectivity index (χ2v) is 10.4. The Morgan fingerprint density at radius 1 is 0.895 bits per heavy atom. The number of rotatable bonds is 12. The first-order valence-electron chi connectivity index (χ1n) is 13.1. The van der Waals surface area contributed by atoms with Gasteiger partial charge in [0.15, 0.2) is 0 Å². The van der Waals surface area contributed by atoms with Crippen LogP contribution in [0.2, 0.25) is 0 Å². The Bertz CT molecular complexity index is 1260. The van der Waals surface area contributed by atoms with Crippen LogP contribution >= 0.6 is 0 Å². The van der Waals surface area contributed by atoms with Crippen molar-refractivity contribution in [3.05, 3.63) is 93.5 Å². The van der Waals surface area contributed by atoms with Gasteiger partial charge in [0.25, 0.3) is 5.91 Å². The van der Waals surface area contributed by atoms with E-state index in [1.165, 1.54) is 0 Å². The molecule has 0 saturated heterocycles. The standard InChI is InChI=1S/C32H39NO5/c1-20(2)13-30(26-15-21(3)14-22(4)16-26)33-32(36)29-18-28(11-7-24(29)9-12-31(34)35)38-19-25-8-10-27(37-6)17-23(25)5/h7-8,10-11,14-18,20,30H,9,12-13,19H2,1-6H3,(H,33,36)(H,34,35). The number of carbonyl (C=O) groups excluding carboxylic acids is 1. The van der Waals surface area contributed by atoms with E-state index in [-0.39, 0.29) is 24.8 Å². The molecule has 1 unspecified atom stereocenters. The molecule has 2 N–H and O–H groups in total. The highest BCUT2D eigenvalue weighted by molar-refractivity contribution is 5.96. The minimum Gasteiger partial charge on any atom is -0.497 e. The Balaban J connectivity index is 1.88. The van der Waals surface area contributed by atoms with Crippen LogP contribution in [0.3, 0.4) is 0 Å². The molecule has 0 spiro atoms. The van der Waals surface area contributed by atoms with Gasteiger partial charge in [0.05, 0.1) is 13.2 Å². The summed E-state index contributed by atoms with van der Waals surface area (Å²) < 4.78 is 11.3. The second kappa shape index (κ2) is 13.1. The third-order valence-corrected chi connectivity index (χ3v) is 6.54. The van der Waals surface area contributed by atoms with Crippen molar-refractivity contribution in [1.29, 1.82) is 0 Å². The smallest absolute Gasteiger partial charge is 0.303 e. The highest BCUT2D eigenvalue weighted by Crippen LogP contribution is 2.27. The first-order chi connectivity index (χ1) is 18.0. The fraction of sp³-hybridized carbons (Fsp3) is 0.375. The van der Waals surface area contributed by atoms with E-state index in [2.05, 4.69) is 51.2 Å². The molecule has 202 valence electrons. The van der Waals surface area contributed by atoms with Crippen LogP contribution in [0, 0.1) is 26.7 Å². The van der Waals surface area contributed by atoms with Gasteiger partial charge in [0.2, 0.25) is 0 Å². The molecule has 0 aliphatic carbocycles. The van der Waals surface area contributed by atoms with E-state index in [9.17, 15) is 14.7 Å². The summed E-state index contributed by atoms with van der Waals surface area (Å²) in [4.78, 5) is 24.9. The predicted molar refractivity (Wildman–Crippen MR) is 150 cm³/mol. The van der Waals surface area contributed by atoms with E-state index in [0.717, 1.165) is 40.0 Å². The summed E-state index contributed by atoms with van der Waals surface area (Å²) in [5, 5.41) is 12.5. The maximum absolute atomic E-state index is 13.7. The molecule has 6 nitrogen and oxygen atoms in total. The van der Waals surface area contributed by atoms with E-state index in [0.29, 0.717) is 29.4 Å². The van der Waals surface area contributed by atoms with Crippen LogP contribution in [0.4, 0.5) is 0 Å². The fourth-order valence-electron chi connectivity index (χ4n) is 4.63. The number of hydrogen-bond acceptors (Lipinski definition) is 4. The van der Waals surface area contributed by atoms with Gasteiger partial charge in [-0.15, -0.1) is 0 Å². The van der Waals surface area contributed by atoms with Crippen molar-refractivity contribution in [3.63, 3.8) is 0 Å². The molecule has 3 aromatic carbocycles. The summed E-state index contributed by atoms with van der Waals surface area (Å²) in [6.07, 6.45) is 0.985. The molecular weight excluding hydrogens is 478 g/mol. The summed E-state index contributed by atoms with van der Waals surface area (Å²) in [5.41, 5.74) is 6.54. The van der Waals surface area contributed by atoms with Gasteiger partial charge in [-0.2, -0.15) is 0 Å². The van der Waals surface area contributed by atoms with Crippen molar-refractivity contribution in [3.8, 4) is 11.5 Å². The lowest BCUT2D eigenvalue weighted by molar-refractivity contribution is -0.136. The maximum atomic E-state index is 13.7. The molecule has 0 radical (unpaired) electrons. The van der Waals surface area contributed by atoms with Crippen molar-refractivity contribution < 1.29 is 24.2 Å². The largest absolute Gasteiger partial charge is 0.497 e. The molecular formula is C32H39NO5. The van der Waals surface area contributed by atoms with Crippen molar-refractivity contribution in [2.75, 3.05) is 7.11 Å². The minimum atomic E-state index is -0.903. The van der Waals surface area contributed by atoms with E-state index in [1.807, 2.05) is 25.1 Å². The maximum Gasteiger partial charge on any atom is 0.303 e. The summed E-state index contributed by atoms with van der Waals surface area (Å²) in [5.74, 6) is 0.569. The predicted octanol–water partition coefficient (Wildman–Crippen LogP) is 6.73. The van der Waals surface area contributed by atoms with Gasteiger partial charge in [-0.3, -0.25) is 9.59 Å². The van der Waals surface area contributed by atoms with Crippen molar-refractivity contribution in [2.24, 2.45) is 5.92 Å². The average Bonchev–Trinajstić information content (AvgIpc) is 2.85. The van der Waals surface area contributed by atoms with Gasteiger partial charge < -0.3 is 19.9 Å². The highest BCUT2D eigenvalue weighted by atomic mass is 16.5. The van der Waals surface area contributed by atoms with E-state index >= 15 is 0 Å². The summed E-state index contributed by atoms with van der Waals surface area (Å²) in [6, 6.07) is 17.3. The Kier molecular flexibility index (Phi) is 9.94. The molecule has 0 saturated carbocycles. The number of carboxylic acids is 1. The SMILES string of the molecule is COc1ccc(COc2ccc(CCC(=O)O)c(C(=O)NC(CC(C)C)c3cc(C)cc(C)c3)c2)c(C)c1. The van der Waals surface area contributed by atoms with Gasteiger partial charge in [-0.05, 0) is 86.1 Å². The van der Waals surface area contributed by atoms with Gasteiger partial charge >= 0.3 is 5.97 Å². The third kappa shape index (κ3) is 8.10. The number of ether oxygens (including phenoxy) is 2.